The van der Waals surface area contributed by atoms with Gasteiger partial charge in [-0.05, 0) is 37.0 Å². The number of hydrogen-bond acceptors (Lipinski definition) is 2. The molecular formula is C13H16N2O. The Morgan fingerprint density at radius 3 is 2.75 bits per heavy atom. The minimum atomic E-state index is -0.418. The van der Waals surface area contributed by atoms with Crippen molar-refractivity contribution >= 4 is 17.2 Å². The second-order valence-electron chi connectivity index (χ2n) is 4.27. The molecule has 0 spiro atoms. The molecule has 0 amide bonds. The van der Waals surface area contributed by atoms with Gasteiger partial charge in [0, 0.05) is 17.1 Å². The number of aryl methyl sites for hydroxylation is 2. The number of aromatic amines is 1. The van der Waals surface area contributed by atoms with Gasteiger partial charge < -0.3 is 15.5 Å². The Kier molecular flexibility index (Phi) is 2.79. The van der Waals surface area contributed by atoms with E-state index in [-0.39, 0.29) is 0 Å². The van der Waals surface area contributed by atoms with Crippen LogP contribution in [0.4, 0.5) is 0 Å². The Balaban J connectivity index is 2.55. The molecular weight excluding hydrogens is 200 g/mol. The summed E-state index contributed by atoms with van der Waals surface area (Å²) in [7, 11) is 0. The van der Waals surface area contributed by atoms with Crippen molar-refractivity contribution in [2.75, 3.05) is 0 Å². The molecule has 1 heterocycles. The van der Waals surface area contributed by atoms with Gasteiger partial charge in [0.2, 0.25) is 0 Å². The summed E-state index contributed by atoms with van der Waals surface area (Å²) in [6.45, 7) is 4.15. The lowest BCUT2D eigenvalue weighted by atomic mass is 10.0. The molecule has 0 bridgehead atoms. The van der Waals surface area contributed by atoms with Crippen LogP contribution in [-0.4, -0.2) is 17.3 Å². The molecule has 0 aliphatic heterocycles. The average Bonchev–Trinajstić information content (AvgIpc) is 2.68. The minimum Gasteiger partial charge on any atom is -0.361 e. The molecule has 16 heavy (non-hydrogen) atoms. The van der Waals surface area contributed by atoms with E-state index in [4.69, 9.17) is 5.73 Å². The van der Waals surface area contributed by atoms with Gasteiger partial charge in [0.15, 0.2) is 0 Å². The van der Waals surface area contributed by atoms with Crippen molar-refractivity contribution in [3.8, 4) is 0 Å². The van der Waals surface area contributed by atoms with Crippen LogP contribution in [0.2, 0.25) is 0 Å². The predicted molar refractivity (Wildman–Crippen MR) is 65.5 cm³/mol. The van der Waals surface area contributed by atoms with Crippen LogP contribution in [-0.2, 0) is 11.2 Å². The number of benzene rings is 1. The van der Waals surface area contributed by atoms with E-state index < -0.39 is 6.04 Å². The Hall–Kier alpha value is -1.61. The zero-order chi connectivity index (χ0) is 11.7. The van der Waals surface area contributed by atoms with Gasteiger partial charge in [-0.2, -0.15) is 0 Å². The molecule has 1 atom stereocenters. The molecule has 0 aliphatic rings. The maximum Gasteiger partial charge on any atom is 0.137 e. The highest BCUT2D eigenvalue weighted by Gasteiger charge is 2.11. The van der Waals surface area contributed by atoms with Crippen molar-refractivity contribution in [1.82, 2.24) is 4.98 Å². The first-order valence-corrected chi connectivity index (χ1v) is 5.40. The van der Waals surface area contributed by atoms with Crippen molar-refractivity contribution in [2.24, 2.45) is 5.73 Å². The molecule has 0 aliphatic carbocycles. The lowest BCUT2D eigenvalue weighted by Gasteiger charge is -2.05. The molecule has 3 heteroatoms. The highest BCUT2D eigenvalue weighted by atomic mass is 16.1. The first-order valence-electron chi connectivity index (χ1n) is 5.40. The van der Waals surface area contributed by atoms with E-state index in [9.17, 15) is 4.79 Å². The van der Waals surface area contributed by atoms with Gasteiger partial charge in [-0.3, -0.25) is 0 Å². The number of nitrogens with one attached hydrogen (secondary N) is 1. The molecule has 2 aromatic rings. The normalized spacial score (nSPS) is 12.9. The summed E-state index contributed by atoms with van der Waals surface area (Å²) in [6, 6.07) is 3.78. The number of carbonyl (C=O) groups is 1. The second-order valence-corrected chi connectivity index (χ2v) is 4.27. The van der Waals surface area contributed by atoms with E-state index in [2.05, 4.69) is 31.0 Å². The van der Waals surface area contributed by atoms with E-state index in [1.807, 2.05) is 6.20 Å². The van der Waals surface area contributed by atoms with Crippen molar-refractivity contribution < 1.29 is 4.79 Å². The zero-order valence-electron chi connectivity index (χ0n) is 9.58. The fourth-order valence-corrected chi connectivity index (χ4v) is 2.11. The number of carbonyl (C=O) groups excluding carboxylic acids is 1. The quantitative estimate of drug-likeness (QED) is 0.769. The largest absolute Gasteiger partial charge is 0.361 e. The van der Waals surface area contributed by atoms with Crippen LogP contribution in [0, 0.1) is 13.8 Å². The third kappa shape index (κ3) is 1.74. The Morgan fingerprint density at radius 1 is 1.38 bits per heavy atom. The molecule has 0 saturated heterocycles. The third-order valence-corrected chi connectivity index (χ3v) is 2.96. The smallest absolute Gasteiger partial charge is 0.137 e. The van der Waals surface area contributed by atoms with Crippen LogP contribution in [0.3, 0.4) is 0 Å². The topological polar surface area (TPSA) is 58.9 Å². The number of aromatic nitrogens is 1. The number of hydrogen-bond donors (Lipinski definition) is 2. The van der Waals surface area contributed by atoms with Gasteiger partial charge in [-0.15, -0.1) is 0 Å². The molecule has 1 aromatic heterocycles. The van der Waals surface area contributed by atoms with Crippen molar-refractivity contribution in [2.45, 2.75) is 26.3 Å². The first kappa shape index (κ1) is 10.9. The van der Waals surface area contributed by atoms with Crippen LogP contribution < -0.4 is 5.73 Å². The molecule has 0 radical (unpaired) electrons. The van der Waals surface area contributed by atoms with Crippen LogP contribution >= 0.6 is 0 Å². The molecule has 0 saturated carbocycles. The molecule has 84 valence electrons. The zero-order valence-corrected chi connectivity index (χ0v) is 9.58. The highest BCUT2D eigenvalue weighted by molar-refractivity contribution is 5.89. The SMILES string of the molecule is Cc1ccc(C)c2c(C[C@H](N)C=O)c[nH]c12. The van der Waals surface area contributed by atoms with Crippen molar-refractivity contribution in [1.29, 1.82) is 0 Å². The number of fused-ring (bicyclic) bond motifs is 1. The number of H-pyrrole nitrogens is 1. The van der Waals surface area contributed by atoms with Crippen LogP contribution in [0.5, 0.6) is 0 Å². The Bertz CT molecular complexity index is 528. The van der Waals surface area contributed by atoms with E-state index >= 15 is 0 Å². The summed E-state index contributed by atoms with van der Waals surface area (Å²) in [5.74, 6) is 0. The molecule has 0 fully saturated rings. The Labute approximate surface area is 94.6 Å². The van der Waals surface area contributed by atoms with Gasteiger partial charge in [-0.25, -0.2) is 0 Å². The van der Waals surface area contributed by atoms with Gasteiger partial charge in [-0.1, -0.05) is 12.1 Å². The predicted octanol–water partition coefficient (Wildman–Crippen LogP) is 1.85. The van der Waals surface area contributed by atoms with Gasteiger partial charge in [0.25, 0.3) is 0 Å². The van der Waals surface area contributed by atoms with Gasteiger partial charge in [0.05, 0.1) is 6.04 Å². The summed E-state index contributed by atoms with van der Waals surface area (Å²) in [5, 5.41) is 1.21. The van der Waals surface area contributed by atoms with Gasteiger partial charge in [0.1, 0.15) is 6.29 Å². The number of aldehydes is 1. The second kappa shape index (κ2) is 4.10. The van der Waals surface area contributed by atoms with E-state index in [0.29, 0.717) is 6.42 Å². The summed E-state index contributed by atoms with van der Waals surface area (Å²) >= 11 is 0. The first-order chi connectivity index (χ1) is 7.63. The Morgan fingerprint density at radius 2 is 2.06 bits per heavy atom. The summed E-state index contributed by atoms with van der Waals surface area (Å²) in [5.41, 5.74) is 10.4. The van der Waals surface area contributed by atoms with Crippen molar-refractivity contribution in [3.63, 3.8) is 0 Å². The number of rotatable bonds is 3. The summed E-state index contributed by atoms with van der Waals surface area (Å²) in [6.07, 6.45) is 3.34. The third-order valence-electron chi connectivity index (χ3n) is 2.96. The van der Waals surface area contributed by atoms with Crippen LogP contribution in [0.15, 0.2) is 18.3 Å². The lowest BCUT2D eigenvalue weighted by Crippen LogP contribution is -2.23. The lowest BCUT2D eigenvalue weighted by molar-refractivity contribution is -0.108. The van der Waals surface area contributed by atoms with E-state index in [0.717, 1.165) is 17.4 Å². The highest BCUT2D eigenvalue weighted by Crippen LogP contribution is 2.25. The monoisotopic (exact) mass is 216 g/mol. The molecule has 2 rings (SSSR count). The van der Waals surface area contributed by atoms with Crippen LogP contribution in [0.1, 0.15) is 16.7 Å². The van der Waals surface area contributed by atoms with Crippen molar-refractivity contribution in [3.05, 3.63) is 35.0 Å². The number of nitrogens with two attached hydrogens (primary N) is 1. The maximum atomic E-state index is 10.6. The molecule has 3 nitrogen and oxygen atoms in total. The van der Waals surface area contributed by atoms with Gasteiger partial charge >= 0.3 is 0 Å². The molecule has 1 aromatic carbocycles. The molecule has 3 N–H and O–H groups in total. The fourth-order valence-electron chi connectivity index (χ4n) is 2.11. The maximum absolute atomic E-state index is 10.6. The summed E-state index contributed by atoms with van der Waals surface area (Å²) in [4.78, 5) is 13.8. The molecule has 0 unspecified atom stereocenters. The van der Waals surface area contributed by atoms with E-state index in [1.54, 1.807) is 0 Å². The fraction of sp³-hybridized carbons (Fsp3) is 0.308. The van der Waals surface area contributed by atoms with Crippen LogP contribution in [0.25, 0.3) is 10.9 Å². The minimum absolute atomic E-state index is 0.418. The average molecular weight is 216 g/mol. The standard InChI is InChI=1S/C13H16N2O/c1-8-3-4-9(2)13-12(8)10(6-15-13)5-11(14)7-16/h3-4,6-7,11,15H,5,14H2,1-2H3/t11-/m0/s1. The van der Waals surface area contributed by atoms with E-state index in [1.165, 1.54) is 16.5 Å². The summed E-state index contributed by atoms with van der Waals surface area (Å²) < 4.78 is 0.